The highest BCUT2D eigenvalue weighted by Gasteiger charge is 2.42. The van der Waals surface area contributed by atoms with Crippen molar-refractivity contribution in [2.24, 2.45) is 0 Å². The van der Waals surface area contributed by atoms with Gasteiger partial charge in [-0.15, -0.1) is 0 Å². The molecule has 0 saturated heterocycles. The predicted octanol–water partition coefficient (Wildman–Crippen LogP) is 5.32. The normalized spacial score (nSPS) is 11.5. The van der Waals surface area contributed by atoms with Gasteiger partial charge in [-0.3, -0.25) is 4.79 Å². The molecule has 0 bridgehead atoms. The zero-order valence-electron chi connectivity index (χ0n) is 13.3. The Morgan fingerprint density at radius 2 is 1.18 bits per heavy atom. The zero-order valence-corrected chi connectivity index (χ0v) is 13.3. The zero-order chi connectivity index (χ0) is 16.8. The van der Waals surface area contributed by atoms with Gasteiger partial charge in [0, 0.05) is 6.42 Å². The Morgan fingerprint density at radius 1 is 0.773 bits per heavy atom. The lowest BCUT2D eigenvalue weighted by Gasteiger charge is -2.05. The Bertz CT molecular complexity index is 314. The molecular weight excluding hydrogens is 297 g/mol. The number of hydrogen-bond acceptors (Lipinski definition) is 3. The van der Waals surface area contributed by atoms with Crippen LogP contribution in [-0.4, -0.2) is 18.1 Å². The molecule has 0 spiro atoms. The molecule has 0 aliphatic rings. The van der Waals surface area contributed by atoms with Gasteiger partial charge in [0.25, 0.3) is 0 Å². The minimum atomic E-state index is -5.10. The van der Waals surface area contributed by atoms with Gasteiger partial charge in [-0.2, -0.15) is 13.2 Å². The average Bonchev–Trinajstić information content (AvgIpc) is 2.43. The Hall–Kier alpha value is -1.07. The van der Waals surface area contributed by atoms with E-state index in [1.165, 1.54) is 38.5 Å². The lowest BCUT2D eigenvalue weighted by atomic mass is 10.1. The van der Waals surface area contributed by atoms with Gasteiger partial charge in [-0.1, -0.05) is 71.1 Å². The maximum Gasteiger partial charge on any atom is 0.491 e. The number of hydrogen-bond donors (Lipinski definition) is 0. The Kier molecular flexibility index (Phi) is 11.9. The first-order valence-corrected chi connectivity index (χ1v) is 8.19. The van der Waals surface area contributed by atoms with E-state index in [0.717, 1.165) is 25.7 Å². The monoisotopic (exact) mass is 324 g/mol. The molecule has 0 aliphatic carbocycles. The fourth-order valence-electron chi connectivity index (χ4n) is 2.15. The van der Waals surface area contributed by atoms with Crippen LogP contribution in [0.5, 0.6) is 0 Å². The first-order chi connectivity index (χ1) is 10.4. The molecule has 0 rings (SSSR count). The van der Waals surface area contributed by atoms with Gasteiger partial charge in [0.15, 0.2) is 0 Å². The SMILES string of the molecule is CCCCCCCCCCCCCC(=O)OC(=O)C(F)(F)F. The molecule has 0 amide bonds. The van der Waals surface area contributed by atoms with E-state index in [-0.39, 0.29) is 6.42 Å². The van der Waals surface area contributed by atoms with Crippen LogP contribution in [0.3, 0.4) is 0 Å². The molecule has 0 radical (unpaired) electrons. The van der Waals surface area contributed by atoms with Crippen LogP contribution in [0.1, 0.15) is 84.0 Å². The van der Waals surface area contributed by atoms with Gasteiger partial charge in [-0.05, 0) is 6.42 Å². The first-order valence-electron chi connectivity index (χ1n) is 8.19. The summed E-state index contributed by atoms with van der Waals surface area (Å²) in [6, 6.07) is 0. The van der Waals surface area contributed by atoms with Crippen LogP contribution in [0.15, 0.2) is 0 Å². The van der Waals surface area contributed by atoms with Gasteiger partial charge < -0.3 is 4.74 Å². The first kappa shape index (κ1) is 20.9. The van der Waals surface area contributed by atoms with Crippen LogP contribution in [-0.2, 0) is 14.3 Å². The number of carbonyl (C=O) groups is 2. The van der Waals surface area contributed by atoms with Gasteiger partial charge in [0.1, 0.15) is 0 Å². The van der Waals surface area contributed by atoms with Crippen molar-refractivity contribution in [3.05, 3.63) is 0 Å². The van der Waals surface area contributed by atoms with E-state index in [4.69, 9.17) is 0 Å². The van der Waals surface area contributed by atoms with Crippen LogP contribution in [0.4, 0.5) is 13.2 Å². The number of halogens is 3. The number of rotatable bonds is 12. The topological polar surface area (TPSA) is 43.4 Å². The smallest absolute Gasteiger partial charge is 0.386 e. The minimum Gasteiger partial charge on any atom is -0.386 e. The number of unbranched alkanes of at least 4 members (excludes halogenated alkanes) is 10. The number of carbonyl (C=O) groups excluding carboxylic acids is 2. The third-order valence-electron chi connectivity index (χ3n) is 3.42. The maximum atomic E-state index is 11.8. The van der Waals surface area contributed by atoms with E-state index in [1.807, 2.05) is 0 Å². The summed E-state index contributed by atoms with van der Waals surface area (Å²) in [5.74, 6) is -3.53. The lowest BCUT2D eigenvalue weighted by molar-refractivity contribution is -0.201. The van der Waals surface area contributed by atoms with Crippen LogP contribution in [0, 0.1) is 0 Å². The van der Waals surface area contributed by atoms with Crippen LogP contribution in [0.2, 0.25) is 0 Å². The molecule has 0 saturated carbocycles. The third-order valence-corrected chi connectivity index (χ3v) is 3.42. The summed E-state index contributed by atoms with van der Waals surface area (Å²) in [5, 5.41) is 0. The second kappa shape index (κ2) is 12.5. The van der Waals surface area contributed by atoms with Crippen LogP contribution < -0.4 is 0 Å². The molecule has 0 fully saturated rings. The standard InChI is InChI=1S/C16H27F3O3/c1-2-3-4-5-6-7-8-9-10-11-12-13-14(20)22-15(21)16(17,18)19/h2-13H2,1H3. The molecule has 0 heterocycles. The van der Waals surface area contributed by atoms with E-state index in [0.29, 0.717) is 6.42 Å². The molecule has 0 unspecified atom stereocenters. The molecule has 0 atom stereocenters. The van der Waals surface area contributed by atoms with Crippen LogP contribution in [0.25, 0.3) is 0 Å². The highest BCUT2D eigenvalue weighted by atomic mass is 19.4. The molecular formula is C16H27F3O3. The molecule has 130 valence electrons. The predicted molar refractivity (Wildman–Crippen MR) is 78.2 cm³/mol. The number of alkyl halides is 3. The quantitative estimate of drug-likeness (QED) is 0.277. The molecule has 0 aliphatic heterocycles. The van der Waals surface area contributed by atoms with E-state index in [9.17, 15) is 22.8 Å². The minimum absolute atomic E-state index is 0.140. The Balaban J connectivity index is 3.36. The maximum absolute atomic E-state index is 11.8. The largest absolute Gasteiger partial charge is 0.491 e. The van der Waals surface area contributed by atoms with Gasteiger partial charge in [0.2, 0.25) is 0 Å². The van der Waals surface area contributed by atoms with Crippen molar-refractivity contribution in [1.82, 2.24) is 0 Å². The molecule has 3 nitrogen and oxygen atoms in total. The molecule has 0 aromatic rings. The molecule has 22 heavy (non-hydrogen) atoms. The van der Waals surface area contributed by atoms with Gasteiger partial charge in [-0.25, -0.2) is 4.79 Å². The van der Waals surface area contributed by atoms with Crippen molar-refractivity contribution in [2.45, 2.75) is 90.1 Å². The molecule has 0 aromatic heterocycles. The summed E-state index contributed by atoms with van der Waals surface area (Å²) in [7, 11) is 0. The average molecular weight is 324 g/mol. The summed E-state index contributed by atoms with van der Waals surface area (Å²) < 4.78 is 39.2. The molecule has 0 aromatic carbocycles. The number of esters is 2. The van der Waals surface area contributed by atoms with E-state index >= 15 is 0 Å². The van der Waals surface area contributed by atoms with Crippen molar-refractivity contribution >= 4 is 11.9 Å². The van der Waals surface area contributed by atoms with Crippen molar-refractivity contribution in [3.63, 3.8) is 0 Å². The number of ether oxygens (including phenoxy) is 1. The molecule has 6 heteroatoms. The fourth-order valence-corrected chi connectivity index (χ4v) is 2.15. The van der Waals surface area contributed by atoms with E-state index in [1.54, 1.807) is 0 Å². The lowest BCUT2D eigenvalue weighted by Crippen LogP contribution is -2.27. The third kappa shape index (κ3) is 12.7. The summed E-state index contributed by atoms with van der Waals surface area (Å²) >= 11 is 0. The summed E-state index contributed by atoms with van der Waals surface area (Å²) in [6.07, 6.45) is 6.77. The van der Waals surface area contributed by atoms with Crippen molar-refractivity contribution in [3.8, 4) is 0 Å². The highest BCUT2D eigenvalue weighted by Crippen LogP contribution is 2.17. The van der Waals surface area contributed by atoms with Gasteiger partial charge >= 0.3 is 18.1 Å². The molecule has 0 N–H and O–H groups in total. The van der Waals surface area contributed by atoms with Crippen molar-refractivity contribution < 1.29 is 27.5 Å². The Morgan fingerprint density at radius 3 is 1.59 bits per heavy atom. The fraction of sp³-hybridized carbons (Fsp3) is 0.875. The highest BCUT2D eigenvalue weighted by molar-refractivity contribution is 5.88. The van der Waals surface area contributed by atoms with E-state index in [2.05, 4.69) is 11.7 Å². The Labute approximate surface area is 130 Å². The second-order valence-electron chi connectivity index (χ2n) is 5.54. The van der Waals surface area contributed by atoms with Crippen LogP contribution >= 0.6 is 0 Å². The summed E-state index contributed by atoms with van der Waals surface area (Å²) in [6.45, 7) is 2.19. The second-order valence-corrected chi connectivity index (χ2v) is 5.54. The van der Waals surface area contributed by atoms with Crippen molar-refractivity contribution in [2.75, 3.05) is 0 Å². The van der Waals surface area contributed by atoms with E-state index < -0.39 is 18.1 Å². The summed E-state index contributed by atoms with van der Waals surface area (Å²) in [5.41, 5.74) is 0. The van der Waals surface area contributed by atoms with Gasteiger partial charge in [0.05, 0.1) is 0 Å². The van der Waals surface area contributed by atoms with Crippen molar-refractivity contribution in [1.29, 1.82) is 0 Å². The summed E-state index contributed by atoms with van der Waals surface area (Å²) in [4.78, 5) is 21.4.